The summed E-state index contributed by atoms with van der Waals surface area (Å²) in [6.07, 6.45) is 4.39. The van der Waals surface area contributed by atoms with Crippen LogP contribution in [0.4, 0.5) is 0 Å². The van der Waals surface area contributed by atoms with Gasteiger partial charge in [0.2, 0.25) is 11.6 Å². The van der Waals surface area contributed by atoms with Crippen molar-refractivity contribution in [3.05, 3.63) is 88.2 Å². The van der Waals surface area contributed by atoms with E-state index >= 15 is 0 Å². The van der Waals surface area contributed by atoms with Gasteiger partial charge in [-0.1, -0.05) is 36.8 Å². The fourth-order valence-corrected chi connectivity index (χ4v) is 3.83. The van der Waals surface area contributed by atoms with Gasteiger partial charge in [0.05, 0.1) is 6.61 Å². The third kappa shape index (κ3) is 5.33. The van der Waals surface area contributed by atoms with Gasteiger partial charge in [-0.25, -0.2) is 0 Å². The average molecular weight is 460 g/mol. The maximum Gasteiger partial charge on any atom is 0.300 e. The summed E-state index contributed by atoms with van der Waals surface area (Å²) >= 11 is 0. The number of carbonyl (C=O) groups is 1. The normalized spacial score (nSPS) is 12.0. The molecular formula is C26H29N5O3. The number of nitrogens with one attached hydrogen (secondary N) is 1. The molecule has 1 N–H and O–H groups in total. The highest BCUT2D eigenvalue weighted by Crippen LogP contribution is 2.15. The molecule has 1 atom stereocenters. The van der Waals surface area contributed by atoms with E-state index in [9.17, 15) is 9.59 Å². The molecule has 176 valence electrons. The minimum atomic E-state index is -0.256. The first-order chi connectivity index (χ1) is 16.4. The largest absolute Gasteiger partial charge is 0.494 e. The Balaban J connectivity index is 1.41. The van der Waals surface area contributed by atoms with Crippen molar-refractivity contribution in [3.63, 3.8) is 0 Å². The minimum Gasteiger partial charge on any atom is -0.494 e. The molecule has 2 heterocycles. The number of hydrogen-bond acceptors (Lipinski definition) is 5. The highest BCUT2D eigenvalue weighted by molar-refractivity contribution is 5.76. The number of carbonyl (C=O) groups excluding carboxylic acids is 1. The Bertz CT molecular complexity index is 1320. The number of aryl methyl sites for hydroxylation is 1. The van der Waals surface area contributed by atoms with Crippen LogP contribution < -0.4 is 15.6 Å². The van der Waals surface area contributed by atoms with Crippen LogP contribution in [-0.4, -0.2) is 31.7 Å². The molecule has 1 amide bonds. The molecule has 0 radical (unpaired) electrons. The van der Waals surface area contributed by atoms with Gasteiger partial charge in [-0.05, 0) is 49.6 Å². The van der Waals surface area contributed by atoms with Gasteiger partial charge in [-0.2, -0.15) is 0 Å². The minimum absolute atomic E-state index is 0.0141. The molecule has 4 rings (SSSR count). The molecule has 0 saturated heterocycles. The first kappa shape index (κ1) is 23.2. The first-order valence-corrected chi connectivity index (χ1v) is 11.5. The van der Waals surface area contributed by atoms with Crippen molar-refractivity contribution in [2.24, 2.45) is 5.92 Å². The van der Waals surface area contributed by atoms with Crippen LogP contribution in [-0.2, 0) is 17.8 Å². The number of aromatic nitrogens is 4. The molecule has 0 fully saturated rings. The van der Waals surface area contributed by atoms with Gasteiger partial charge in [-0.3, -0.25) is 18.6 Å². The lowest BCUT2D eigenvalue weighted by Crippen LogP contribution is -2.25. The molecular weight excluding hydrogens is 430 g/mol. The number of hydrogen-bond donors (Lipinski definition) is 1. The Kier molecular flexibility index (Phi) is 7.06. The first-order valence-electron chi connectivity index (χ1n) is 11.5. The van der Waals surface area contributed by atoms with Crippen LogP contribution in [0.2, 0.25) is 0 Å². The third-order valence-corrected chi connectivity index (χ3v) is 5.64. The van der Waals surface area contributed by atoms with E-state index in [-0.39, 0.29) is 23.0 Å². The second-order valence-electron chi connectivity index (χ2n) is 8.49. The summed E-state index contributed by atoms with van der Waals surface area (Å²) in [5.74, 6) is 1.44. The number of fused-ring (bicyclic) bond motifs is 1. The quantitative estimate of drug-likeness (QED) is 0.414. The molecule has 8 heteroatoms. The van der Waals surface area contributed by atoms with Gasteiger partial charge in [0.1, 0.15) is 11.6 Å². The van der Waals surface area contributed by atoms with Crippen molar-refractivity contribution in [3.8, 4) is 11.4 Å². The van der Waals surface area contributed by atoms with E-state index in [0.29, 0.717) is 31.8 Å². The smallest absolute Gasteiger partial charge is 0.300 e. The molecule has 2 aromatic heterocycles. The molecule has 0 saturated carbocycles. The summed E-state index contributed by atoms with van der Waals surface area (Å²) in [7, 11) is 0. The fourth-order valence-electron chi connectivity index (χ4n) is 3.83. The van der Waals surface area contributed by atoms with E-state index in [4.69, 9.17) is 4.74 Å². The van der Waals surface area contributed by atoms with Crippen LogP contribution >= 0.6 is 0 Å². The zero-order valence-corrected chi connectivity index (χ0v) is 19.7. The van der Waals surface area contributed by atoms with Gasteiger partial charge >= 0.3 is 5.56 Å². The monoisotopic (exact) mass is 459 g/mol. The van der Waals surface area contributed by atoms with Crippen LogP contribution in [0.3, 0.4) is 0 Å². The predicted molar refractivity (Wildman–Crippen MR) is 130 cm³/mol. The maximum absolute atomic E-state index is 13.0. The van der Waals surface area contributed by atoms with Gasteiger partial charge in [0.15, 0.2) is 0 Å². The lowest BCUT2D eigenvalue weighted by atomic mass is 10.0. The zero-order chi connectivity index (χ0) is 24.1. The summed E-state index contributed by atoms with van der Waals surface area (Å²) in [6.45, 7) is 7.04. The summed E-state index contributed by atoms with van der Waals surface area (Å²) in [5.41, 5.74) is 2.98. The molecule has 34 heavy (non-hydrogen) atoms. The average Bonchev–Trinajstić information content (AvgIpc) is 3.23. The van der Waals surface area contributed by atoms with Crippen LogP contribution in [0, 0.1) is 12.8 Å². The Morgan fingerprint density at radius 2 is 1.79 bits per heavy atom. The topological polar surface area (TPSA) is 90.5 Å². The maximum atomic E-state index is 13.0. The number of nitrogens with zero attached hydrogens (tertiary/aromatic N) is 4. The van der Waals surface area contributed by atoms with E-state index in [1.807, 2.05) is 69.3 Å². The Morgan fingerprint density at radius 3 is 2.50 bits per heavy atom. The van der Waals surface area contributed by atoms with Crippen molar-refractivity contribution in [1.29, 1.82) is 0 Å². The molecule has 4 aromatic rings. The molecule has 0 spiro atoms. The summed E-state index contributed by atoms with van der Waals surface area (Å²) in [6, 6.07) is 15.4. The molecule has 0 aliphatic heterocycles. The van der Waals surface area contributed by atoms with Crippen LogP contribution in [0.25, 0.3) is 11.3 Å². The Morgan fingerprint density at radius 1 is 1.06 bits per heavy atom. The standard InChI is InChI=1S/C26H29N5O3/c1-4-34-22-11-9-21(10-12-22)30-13-14-31-23(28-29-25(31)26(30)33)15-19(3)16-24(32)27-17-20-7-5-18(2)6-8-20/h5-14,19H,4,15-17H2,1-3H3,(H,27,32). The molecule has 0 aliphatic carbocycles. The Hall–Kier alpha value is -3.94. The van der Waals surface area contributed by atoms with Gasteiger partial charge in [0.25, 0.3) is 0 Å². The highest BCUT2D eigenvalue weighted by Gasteiger charge is 2.16. The second kappa shape index (κ2) is 10.3. The summed E-state index contributed by atoms with van der Waals surface area (Å²) in [5, 5.41) is 11.3. The molecule has 2 aromatic carbocycles. The third-order valence-electron chi connectivity index (χ3n) is 5.64. The Labute approximate surface area is 198 Å². The van der Waals surface area contributed by atoms with Crippen molar-refractivity contribution < 1.29 is 9.53 Å². The van der Waals surface area contributed by atoms with Gasteiger partial charge < -0.3 is 10.1 Å². The summed E-state index contributed by atoms with van der Waals surface area (Å²) < 4.78 is 8.70. The van der Waals surface area contributed by atoms with Crippen LogP contribution in [0.1, 0.15) is 37.2 Å². The van der Waals surface area contributed by atoms with E-state index in [2.05, 4.69) is 15.5 Å². The van der Waals surface area contributed by atoms with Gasteiger partial charge in [-0.15, -0.1) is 10.2 Å². The molecule has 0 aliphatic rings. The lowest BCUT2D eigenvalue weighted by Gasteiger charge is -2.11. The van der Waals surface area contributed by atoms with E-state index in [0.717, 1.165) is 17.0 Å². The number of ether oxygens (including phenoxy) is 1. The second-order valence-corrected chi connectivity index (χ2v) is 8.49. The van der Waals surface area contributed by atoms with Crippen molar-refractivity contribution in [1.82, 2.24) is 24.5 Å². The molecule has 1 unspecified atom stereocenters. The van der Waals surface area contributed by atoms with Crippen LogP contribution in [0.15, 0.2) is 65.7 Å². The highest BCUT2D eigenvalue weighted by atomic mass is 16.5. The van der Waals surface area contributed by atoms with Crippen molar-refractivity contribution >= 4 is 11.6 Å². The van der Waals surface area contributed by atoms with Crippen molar-refractivity contribution in [2.75, 3.05) is 6.61 Å². The van der Waals surface area contributed by atoms with Crippen molar-refractivity contribution in [2.45, 2.75) is 40.2 Å². The zero-order valence-electron chi connectivity index (χ0n) is 19.7. The number of rotatable bonds is 9. The summed E-state index contributed by atoms with van der Waals surface area (Å²) in [4.78, 5) is 25.4. The fraction of sp³-hybridized carbons (Fsp3) is 0.308. The SMILES string of the molecule is CCOc1ccc(-n2ccn3c(CC(C)CC(=O)NCc4ccc(C)cc4)nnc3c2=O)cc1. The lowest BCUT2D eigenvalue weighted by molar-refractivity contribution is -0.122. The van der Waals surface area contributed by atoms with E-state index in [1.165, 1.54) is 10.1 Å². The van der Waals surface area contributed by atoms with Gasteiger partial charge in [0, 0.05) is 37.5 Å². The van der Waals surface area contributed by atoms with Crippen LogP contribution in [0.5, 0.6) is 5.75 Å². The predicted octanol–water partition coefficient (Wildman–Crippen LogP) is 3.47. The number of benzene rings is 2. The molecule has 8 nitrogen and oxygen atoms in total. The van der Waals surface area contributed by atoms with E-state index < -0.39 is 0 Å². The molecule has 0 bridgehead atoms. The number of amides is 1. The van der Waals surface area contributed by atoms with E-state index in [1.54, 1.807) is 16.8 Å².